The molecule has 0 amide bonds. The molecule has 0 aliphatic carbocycles. The standard InChI is InChI=1S/C10H11F3N2O4S/c11-10(12,13)6-14-20(18,19)15-8-3-1-7(2-4-8)5-9(16)17/h1-4,14-15H,5-6H2,(H,16,17). The maximum Gasteiger partial charge on any atom is 0.402 e. The second-order valence-electron chi connectivity index (χ2n) is 3.81. The Morgan fingerprint density at radius 1 is 1.20 bits per heavy atom. The Balaban J connectivity index is 2.66. The minimum Gasteiger partial charge on any atom is -0.481 e. The van der Waals surface area contributed by atoms with Gasteiger partial charge < -0.3 is 5.11 Å². The summed E-state index contributed by atoms with van der Waals surface area (Å²) in [6, 6.07) is 5.22. The maximum atomic E-state index is 11.9. The fourth-order valence-corrected chi connectivity index (χ4v) is 2.11. The van der Waals surface area contributed by atoms with Gasteiger partial charge >= 0.3 is 12.1 Å². The first kappa shape index (κ1) is 16.2. The van der Waals surface area contributed by atoms with Crippen LogP contribution in [0, 0.1) is 0 Å². The minimum atomic E-state index is -4.65. The van der Waals surface area contributed by atoms with Crippen molar-refractivity contribution in [1.82, 2.24) is 4.72 Å². The van der Waals surface area contributed by atoms with Crippen LogP contribution in [0.2, 0.25) is 0 Å². The van der Waals surface area contributed by atoms with E-state index in [1.165, 1.54) is 29.0 Å². The van der Waals surface area contributed by atoms with Gasteiger partial charge in [-0.05, 0) is 17.7 Å². The monoisotopic (exact) mass is 312 g/mol. The van der Waals surface area contributed by atoms with Gasteiger partial charge in [0.25, 0.3) is 10.2 Å². The molecule has 0 aliphatic rings. The summed E-state index contributed by atoms with van der Waals surface area (Å²) >= 11 is 0. The zero-order chi connectivity index (χ0) is 15.4. The van der Waals surface area contributed by atoms with Crippen LogP contribution in [0.25, 0.3) is 0 Å². The molecule has 0 heterocycles. The molecule has 0 radical (unpaired) electrons. The summed E-state index contributed by atoms with van der Waals surface area (Å²) in [6.45, 7) is -1.68. The molecule has 0 fully saturated rings. The number of nitrogens with one attached hydrogen (secondary N) is 2. The average molecular weight is 312 g/mol. The number of aliphatic carboxylic acids is 1. The van der Waals surface area contributed by atoms with Crippen molar-refractivity contribution < 1.29 is 31.5 Å². The number of anilines is 1. The van der Waals surface area contributed by atoms with Crippen molar-refractivity contribution in [2.24, 2.45) is 0 Å². The summed E-state index contributed by atoms with van der Waals surface area (Å²) in [7, 11) is -4.34. The Morgan fingerprint density at radius 2 is 1.75 bits per heavy atom. The number of rotatable bonds is 6. The van der Waals surface area contributed by atoms with Gasteiger partial charge in [0, 0.05) is 5.69 Å². The van der Waals surface area contributed by atoms with Gasteiger partial charge in [0.15, 0.2) is 0 Å². The normalized spacial score (nSPS) is 12.2. The van der Waals surface area contributed by atoms with Crippen molar-refractivity contribution in [2.75, 3.05) is 11.3 Å². The maximum absolute atomic E-state index is 11.9. The molecule has 0 saturated heterocycles. The average Bonchev–Trinajstić information content (AvgIpc) is 2.28. The largest absolute Gasteiger partial charge is 0.481 e. The highest BCUT2D eigenvalue weighted by atomic mass is 32.2. The number of carbonyl (C=O) groups is 1. The van der Waals surface area contributed by atoms with E-state index in [2.05, 4.69) is 0 Å². The van der Waals surface area contributed by atoms with Crippen LogP contribution in [0.1, 0.15) is 5.56 Å². The van der Waals surface area contributed by atoms with Gasteiger partial charge in [0.1, 0.15) is 6.54 Å². The third-order valence-corrected chi connectivity index (χ3v) is 3.05. The van der Waals surface area contributed by atoms with Crippen LogP contribution in [-0.2, 0) is 21.4 Å². The van der Waals surface area contributed by atoms with Crippen molar-refractivity contribution in [1.29, 1.82) is 0 Å². The second kappa shape index (κ2) is 6.09. The molecule has 6 nitrogen and oxygen atoms in total. The molecular formula is C10H11F3N2O4S. The van der Waals surface area contributed by atoms with Gasteiger partial charge in [-0.3, -0.25) is 9.52 Å². The molecular weight excluding hydrogens is 301 g/mol. The van der Waals surface area contributed by atoms with E-state index in [0.717, 1.165) is 0 Å². The Labute approximate surface area is 112 Å². The summed E-state index contributed by atoms with van der Waals surface area (Å²) in [6.07, 6.45) is -4.89. The number of benzene rings is 1. The molecule has 20 heavy (non-hydrogen) atoms. The molecule has 0 unspecified atom stereocenters. The number of carboxylic acids is 1. The SMILES string of the molecule is O=C(O)Cc1ccc(NS(=O)(=O)NCC(F)(F)F)cc1. The van der Waals surface area contributed by atoms with E-state index in [-0.39, 0.29) is 12.1 Å². The van der Waals surface area contributed by atoms with E-state index in [0.29, 0.717) is 5.56 Å². The summed E-state index contributed by atoms with van der Waals surface area (Å²) < 4.78 is 61.5. The molecule has 0 bridgehead atoms. The summed E-state index contributed by atoms with van der Waals surface area (Å²) in [4.78, 5) is 10.4. The minimum absolute atomic E-state index is 0.0220. The third kappa shape index (κ3) is 6.38. The predicted octanol–water partition coefficient (Wildman–Crippen LogP) is 1.12. The number of halogens is 3. The van der Waals surface area contributed by atoms with Gasteiger partial charge in [0.05, 0.1) is 6.42 Å². The van der Waals surface area contributed by atoms with Crippen LogP contribution >= 0.6 is 0 Å². The summed E-state index contributed by atoms with van der Waals surface area (Å²) in [5.74, 6) is -1.05. The molecule has 1 rings (SSSR count). The Hall–Kier alpha value is -1.81. The smallest absolute Gasteiger partial charge is 0.402 e. The summed E-state index contributed by atoms with van der Waals surface area (Å²) in [5, 5.41) is 8.54. The molecule has 3 N–H and O–H groups in total. The van der Waals surface area contributed by atoms with Crippen LogP contribution in [0.4, 0.5) is 18.9 Å². The second-order valence-corrected chi connectivity index (χ2v) is 5.31. The number of alkyl halides is 3. The molecule has 0 aliphatic heterocycles. The van der Waals surface area contributed by atoms with Crippen LogP contribution in [0.5, 0.6) is 0 Å². The highest BCUT2D eigenvalue weighted by Crippen LogP contribution is 2.14. The quantitative estimate of drug-likeness (QED) is 0.733. The highest BCUT2D eigenvalue weighted by Gasteiger charge is 2.29. The molecule has 1 aromatic carbocycles. The van der Waals surface area contributed by atoms with Crippen LogP contribution < -0.4 is 9.44 Å². The Morgan fingerprint density at radius 3 is 2.20 bits per heavy atom. The molecule has 0 aromatic heterocycles. The van der Waals surface area contributed by atoms with Crippen molar-refractivity contribution >= 4 is 21.9 Å². The van der Waals surface area contributed by atoms with Crippen LogP contribution in [0.15, 0.2) is 24.3 Å². The number of carboxylic acid groups (broad SMARTS) is 1. The van der Waals surface area contributed by atoms with Crippen molar-refractivity contribution in [3.05, 3.63) is 29.8 Å². The lowest BCUT2D eigenvalue weighted by Gasteiger charge is -2.11. The van der Waals surface area contributed by atoms with E-state index < -0.39 is 28.9 Å². The van der Waals surface area contributed by atoms with E-state index in [1.807, 2.05) is 4.72 Å². The molecule has 0 spiro atoms. The fourth-order valence-electron chi connectivity index (χ4n) is 1.23. The van der Waals surface area contributed by atoms with E-state index >= 15 is 0 Å². The lowest BCUT2D eigenvalue weighted by Crippen LogP contribution is -2.37. The van der Waals surface area contributed by atoms with E-state index in [4.69, 9.17) is 5.11 Å². The molecule has 1 aromatic rings. The van der Waals surface area contributed by atoms with E-state index in [9.17, 15) is 26.4 Å². The lowest BCUT2D eigenvalue weighted by atomic mass is 10.1. The zero-order valence-electron chi connectivity index (χ0n) is 9.94. The van der Waals surface area contributed by atoms with Crippen molar-refractivity contribution in [3.8, 4) is 0 Å². The fraction of sp³-hybridized carbons (Fsp3) is 0.300. The highest BCUT2D eigenvalue weighted by molar-refractivity contribution is 7.90. The number of hydrogen-bond acceptors (Lipinski definition) is 3. The molecule has 0 saturated carbocycles. The van der Waals surface area contributed by atoms with Gasteiger partial charge in [0.2, 0.25) is 0 Å². The first-order chi connectivity index (χ1) is 9.07. The predicted molar refractivity (Wildman–Crippen MR) is 64.4 cm³/mol. The van der Waals surface area contributed by atoms with Crippen LogP contribution in [-0.4, -0.2) is 32.2 Å². The first-order valence-corrected chi connectivity index (χ1v) is 6.71. The molecule has 0 atom stereocenters. The van der Waals surface area contributed by atoms with Crippen LogP contribution in [0.3, 0.4) is 0 Å². The van der Waals surface area contributed by atoms with Crippen molar-refractivity contribution in [2.45, 2.75) is 12.6 Å². The zero-order valence-corrected chi connectivity index (χ0v) is 10.8. The van der Waals surface area contributed by atoms with Gasteiger partial charge in [-0.15, -0.1) is 0 Å². The third-order valence-electron chi connectivity index (χ3n) is 2.02. The van der Waals surface area contributed by atoms with Gasteiger partial charge in [-0.25, -0.2) is 0 Å². The Kier molecular flexibility index (Phi) is 4.95. The Bertz CT molecular complexity index is 569. The topological polar surface area (TPSA) is 95.5 Å². The lowest BCUT2D eigenvalue weighted by molar-refractivity contribution is -0.136. The van der Waals surface area contributed by atoms with Gasteiger partial charge in [-0.2, -0.15) is 26.3 Å². The van der Waals surface area contributed by atoms with Gasteiger partial charge in [-0.1, -0.05) is 12.1 Å². The molecule has 10 heteroatoms. The number of hydrogen-bond donors (Lipinski definition) is 3. The summed E-state index contributed by atoms with van der Waals surface area (Å²) in [5.41, 5.74) is 0.456. The first-order valence-electron chi connectivity index (χ1n) is 5.22. The molecule has 112 valence electrons. The van der Waals surface area contributed by atoms with E-state index in [1.54, 1.807) is 0 Å². The van der Waals surface area contributed by atoms with Crippen molar-refractivity contribution in [3.63, 3.8) is 0 Å².